The Bertz CT molecular complexity index is 175. The van der Waals surface area contributed by atoms with Gasteiger partial charge in [0.25, 0.3) is 0 Å². The van der Waals surface area contributed by atoms with Crippen molar-refractivity contribution in [1.29, 1.82) is 0 Å². The van der Waals surface area contributed by atoms with Gasteiger partial charge in [-0.2, -0.15) is 5.69 Å². The van der Waals surface area contributed by atoms with Crippen molar-refractivity contribution in [3.05, 3.63) is 30.3 Å². The number of anilines is 1. The van der Waals surface area contributed by atoms with Crippen LogP contribution in [0.25, 0.3) is 0 Å². The van der Waals surface area contributed by atoms with E-state index in [0.717, 1.165) is 5.69 Å². The molecule has 0 atom stereocenters. The number of hydrogen-bond donors (Lipinski definition) is 1. The predicted octanol–water partition coefficient (Wildman–Crippen LogP) is 1.26. The standard InChI is InChI=1S/C7H7N.2CH2.2Mn/c1-8-7-5-3-2-4-6-7;;;;/h2,5-6,8H,1H3;2*1H2;;/q-2;;;;. The minimum atomic E-state index is 1.05. The molecule has 0 aliphatic heterocycles. The summed E-state index contributed by atoms with van der Waals surface area (Å²) in [7, 11) is 1.87. The van der Waals surface area contributed by atoms with E-state index in [-0.39, 0.29) is 0 Å². The van der Waals surface area contributed by atoms with Gasteiger partial charge in [0.2, 0.25) is 0 Å². The Morgan fingerprint density at radius 3 is 1.83 bits per heavy atom. The van der Waals surface area contributed by atoms with Crippen molar-refractivity contribution in [2.45, 2.75) is 0 Å². The molecule has 0 bridgehead atoms. The van der Waals surface area contributed by atoms with E-state index in [9.17, 15) is 0 Å². The molecule has 1 nitrogen and oxygen atoms in total. The molecule has 68 valence electrons. The van der Waals surface area contributed by atoms with Crippen LogP contribution in [0.15, 0.2) is 18.2 Å². The molecule has 0 saturated heterocycles. The van der Waals surface area contributed by atoms with Crippen LogP contribution in [0.2, 0.25) is 0 Å². The van der Waals surface area contributed by atoms with E-state index in [1.165, 1.54) is 0 Å². The molecular formula is C9H11Mn2N-2. The van der Waals surface area contributed by atoms with Crippen LogP contribution >= 0.6 is 0 Å². The van der Waals surface area contributed by atoms with Crippen LogP contribution in [-0.4, -0.2) is 17.9 Å². The summed E-state index contributed by atoms with van der Waals surface area (Å²) in [6.45, 7) is 0. The van der Waals surface area contributed by atoms with Crippen LogP contribution in [0.4, 0.5) is 5.69 Å². The van der Waals surface area contributed by atoms with Gasteiger partial charge < -0.3 is 23.5 Å². The molecule has 0 aliphatic rings. The quantitative estimate of drug-likeness (QED) is 0.578. The molecule has 0 saturated carbocycles. The van der Waals surface area contributed by atoms with E-state index in [0.29, 0.717) is 0 Å². The molecule has 0 heterocycles. The second-order valence-electron chi connectivity index (χ2n) is 1.47. The monoisotopic (exact) mass is 243 g/mol. The molecule has 0 unspecified atom stereocenters. The molecule has 0 spiro atoms. The fourth-order valence-corrected chi connectivity index (χ4v) is 0.497. The maximum absolute atomic E-state index is 3.06. The summed E-state index contributed by atoms with van der Waals surface area (Å²) >= 11 is 5.38. The summed E-state index contributed by atoms with van der Waals surface area (Å²) in [6.07, 6.45) is 0. The Morgan fingerprint density at radius 1 is 1.17 bits per heavy atom. The number of hydrogen-bond acceptors (Lipinski definition) is 1. The second kappa shape index (κ2) is 13.4. The number of benzene rings is 1. The normalized spacial score (nSPS) is 6.42. The molecular weight excluding hydrogens is 232 g/mol. The van der Waals surface area contributed by atoms with Crippen LogP contribution < -0.4 is 5.32 Å². The van der Waals surface area contributed by atoms with Crippen LogP contribution in [0.1, 0.15) is 0 Å². The average molecular weight is 243 g/mol. The van der Waals surface area contributed by atoms with Gasteiger partial charge in [0.15, 0.2) is 0 Å². The van der Waals surface area contributed by atoms with Crippen molar-refractivity contribution in [3.8, 4) is 0 Å². The molecule has 12 heavy (non-hydrogen) atoms. The Balaban J connectivity index is 0. The van der Waals surface area contributed by atoms with Crippen molar-refractivity contribution in [1.82, 2.24) is 0 Å². The fourth-order valence-electron chi connectivity index (χ4n) is 0.497. The van der Waals surface area contributed by atoms with Crippen LogP contribution in [0, 0.1) is 12.1 Å². The summed E-state index contributed by atoms with van der Waals surface area (Å²) in [5, 5.41) is 2.96. The van der Waals surface area contributed by atoms with E-state index in [1.807, 2.05) is 19.2 Å². The minimum absolute atomic E-state index is 1.05. The Labute approximate surface area is 90.3 Å². The van der Waals surface area contributed by atoms with Gasteiger partial charge in [-0.15, -0.1) is 0 Å². The van der Waals surface area contributed by atoms with Crippen molar-refractivity contribution < 1.29 is 31.2 Å². The van der Waals surface area contributed by atoms with Gasteiger partial charge in [-0.25, -0.2) is 0 Å². The Kier molecular flexibility index (Phi) is 16.0. The molecule has 3 heteroatoms. The Morgan fingerprint density at radius 2 is 1.58 bits per heavy atom. The molecule has 0 aliphatic carbocycles. The van der Waals surface area contributed by atoms with Crippen molar-refractivity contribution in [2.24, 2.45) is 0 Å². The third-order valence-corrected chi connectivity index (χ3v) is 0.933. The summed E-state index contributed by atoms with van der Waals surface area (Å²) in [5.74, 6) is 0. The Hall–Kier alpha value is -0.201. The van der Waals surface area contributed by atoms with Gasteiger partial charge in [-0.3, -0.25) is 12.1 Å². The van der Waals surface area contributed by atoms with Crippen molar-refractivity contribution in [2.75, 3.05) is 12.4 Å². The number of rotatable bonds is 1. The van der Waals surface area contributed by atoms with E-state index in [4.69, 9.17) is 0 Å². The van der Waals surface area contributed by atoms with Gasteiger partial charge in [0, 0.05) is 0 Å². The van der Waals surface area contributed by atoms with Crippen molar-refractivity contribution in [3.63, 3.8) is 0 Å². The van der Waals surface area contributed by atoms with Crippen LogP contribution in [0.3, 0.4) is 0 Å². The zero-order valence-electron chi connectivity index (χ0n) is 6.90. The zero-order chi connectivity index (χ0) is 9.82. The molecule has 1 aromatic rings. The fraction of sp³-hybridized carbons (Fsp3) is 0.111. The third-order valence-electron chi connectivity index (χ3n) is 0.933. The first-order valence-electron chi connectivity index (χ1n) is 3.02. The van der Waals surface area contributed by atoms with Gasteiger partial charge in [-0.1, -0.05) is 0 Å². The summed E-state index contributed by atoms with van der Waals surface area (Å²) in [5.41, 5.74) is 7.17. The van der Waals surface area contributed by atoms with Crippen molar-refractivity contribution >= 4 is 16.5 Å². The first-order chi connectivity index (χ1) is 5.93. The first kappa shape index (κ1) is 14.3. The summed E-state index contributed by atoms with van der Waals surface area (Å²) in [6, 6.07) is 11.3. The summed E-state index contributed by atoms with van der Waals surface area (Å²) < 4.78 is 0. The SMILES string of the molecule is CNc1c[c-]c[c-]c1.[CH2]=[Mn].[CH2]=[Mn]. The predicted molar refractivity (Wildman–Crippen MR) is 47.9 cm³/mol. The van der Waals surface area contributed by atoms with E-state index < -0.39 is 0 Å². The van der Waals surface area contributed by atoms with Gasteiger partial charge >= 0.3 is 42.0 Å². The van der Waals surface area contributed by atoms with Crippen LogP contribution in [0.5, 0.6) is 0 Å². The van der Waals surface area contributed by atoms with Gasteiger partial charge in [0.05, 0.1) is 0 Å². The average Bonchev–Trinajstić information content (AvgIpc) is 2.25. The molecule has 1 aromatic carbocycles. The molecule has 0 fully saturated rings. The molecule has 0 aromatic heterocycles. The molecule has 0 amide bonds. The maximum atomic E-state index is 3.06. The molecule has 0 radical (unpaired) electrons. The van der Waals surface area contributed by atoms with Gasteiger partial charge in [-0.05, 0) is 7.05 Å². The van der Waals surface area contributed by atoms with E-state index >= 15 is 0 Å². The number of nitrogens with one attached hydrogen (secondary N) is 1. The topological polar surface area (TPSA) is 12.0 Å². The van der Waals surface area contributed by atoms with E-state index in [1.54, 1.807) is 6.07 Å². The second-order valence-corrected chi connectivity index (χ2v) is 1.47. The zero-order valence-corrected chi connectivity index (χ0v) is 9.26. The third kappa shape index (κ3) is 7.90. The van der Waals surface area contributed by atoms with Gasteiger partial charge in [0.1, 0.15) is 0 Å². The first-order valence-corrected chi connectivity index (χ1v) is 4.69. The van der Waals surface area contributed by atoms with Crippen LogP contribution in [-0.2, 0) is 31.2 Å². The van der Waals surface area contributed by atoms with E-state index in [2.05, 4.69) is 59.4 Å². The summed E-state index contributed by atoms with van der Waals surface area (Å²) in [4.78, 5) is 0. The molecule has 1 N–H and O–H groups in total. The molecule has 1 rings (SSSR count).